The Morgan fingerprint density at radius 1 is 0.966 bits per heavy atom. The van der Waals surface area contributed by atoms with Crippen LogP contribution in [0.5, 0.6) is 0 Å². The van der Waals surface area contributed by atoms with E-state index in [-0.39, 0.29) is 18.1 Å². The fourth-order valence-electron chi connectivity index (χ4n) is 3.98. The Morgan fingerprint density at radius 2 is 1.48 bits per heavy atom. The van der Waals surface area contributed by atoms with Crippen LogP contribution in [-0.2, 0) is 9.53 Å². The van der Waals surface area contributed by atoms with Gasteiger partial charge in [-0.2, -0.15) is 5.06 Å². The third kappa shape index (κ3) is 6.82. The van der Waals surface area contributed by atoms with Crippen molar-refractivity contribution in [2.75, 3.05) is 6.61 Å². The van der Waals surface area contributed by atoms with Crippen molar-refractivity contribution >= 4 is 5.97 Å². The van der Waals surface area contributed by atoms with Crippen molar-refractivity contribution in [3.63, 3.8) is 0 Å². The molecule has 0 unspecified atom stereocenters. The average molecular weight is 406 g/mol. The molecule has 4 nitrogen and oxygen atoms in total. The van der Waals surface area contributed by atoms with E-state index in [0.717, 1.165) is 6.42 Å². The molecule has 0 fully saturated rings. The molecule has 2 atom stereocenters. The van der Waals surface area contributed by atoms with Crippen LogP contribution in [0.4, 0.5) is 0 Å². The van der Waals surface area contributed by atoms with Gasteiger partial charge in [0.1, 0.15) is 0 Å². The van der Waals surface area contributed by atoms with Crippen molar-refractivity contribution in [2.24, 2.45) is 0 Å². The van der Waals surface area contributed by atoms with E-state index < -0.39 is 0 Å². The second-order valence-electron chi connectivity index (χ2n) is 9.04. The molecule has 0 aliphatic carbocycles. The molecule has 0 spiro atoms. The number of hydroxylamine groups is 2. The summed E-state index contributed by atoms with van der Waals surface area (Å²) in [5, 5.41) is 12.6. The van der Waals surface area contributed by atoms with Gasteiger partial charge in [-0.25, -0.2) is 0 Å². The van der Waals surface area contributed by atoms with E-state index in [1.807, 2.05) is 6.92 Å². The number of nitrogens with zero attached hydrogens (tertiary/aromatic N) is 1. The average Bonchev–Trinajstić information content (AvgIpc) is 2.66. The highest BCUT2D eigenvalue weighted by Crippen LogP contribution is 2.38. The second-order valence-corrected chi connectivity index (χ2v) is 9.04. The molecule has 0 heterocycles. The largest absolute Gasteiger partial charge is 0.466 e. The molecule has 0 amide bonds. The third-order valence-electron chi connectivity index (χ3n) is 5.82. The summed E-state index contributed by atoms with van der Waals surface area (Å²) >= 11 is 0. The van der Waals surface area contributed by atoms with Gasteiger partial charge in [0.2, 0.25) is 0 Å². The second kappa shape index (κ2) is 11.7. The van der Waals surface area contributed by atoms with E-state index in [0.29, 0.717) is 37.2 Å². The van der Waals surface area contributed by atoms with Gasteiger partial charge < -0.3 is 9.94 Å². The lowest BCUT2D eigenvalue weighted by Gasteiger charge is -2.35. The first kappa shape index (κ1) is 25.6. The molecule has 0 bridgehead atoms. The van der Waals surface area contributed by atoms with E-state index in [2.05, 4.69) is 67.5 Å². The maximum Gasteiger partial charge on any atom is 0.305 e. The molecule has 0 saturated carbocycles. The third-order valence-corrected chi connectivity index (χ3v) is 5.82. The van der Waals surface area contributed by atoms with Crippen LogP contribution >= 0.6 is 0 Å². The van der Waals surface area contributed by atoms with Gasteiger partial charge in [-0.3, -0.25) is 4.79 Å². The van der Waals surface area contributed by atoms with E-state index in [9.17, 15) is 10.0 Å². The quantitative estimate of drug-likeness (QED) is 0.320. The molecule has 1 aromatic carbocycles. The Morgan fingerprint density at radius 3 is 1.86 bits per heavy atom. The Labute approximate surface area is 178 Å². The number of rotatable bonds is 11. The summed E-state index contributed by atoms with van der Waals surface area (Å²) in [7, 11) is 0. The predicted molar refractivity (Wildman–Crippen MR) is 121 cm³/mol. The van der Waals surface area contributed by atoms with E-state index in [1.165, 1.54) is 27.3 Å². The van der Waals surface area contributed by atoms with Gasteiger partial charge in [0.25, 0.3) is 0 Å². The van der Waals surface area contributed by atoms with Crippen LogP contribution in [0.25, 0.3) is 0 Å². The lowest BCUT2D eigenvalue weighted by atomic mass is 9.81. The van der Waals surface area contributed by atoms with Crippen molar-refractivity contribution in [2.45, 2.75) is 111 Å². The zero-order chi connectivity index (χ0) is 22.3. The van der Waals surface area contributed by atoms with Gasteiger partial charge in [0, 0.05) is 12.5 Å². The van der Waals surface area contributed by atoms with Crippen LogP contribution in [0.15, 0.2) is 12.1 Å². The minimum Gasteiger partial charge on any atom is -0.466 e. The Bertz CT molecular complexity index is 622. The minimum atomic E-state index is -0.195. The highest BCUT2D eigenvalue weighted by molar-refractivity contribution is 5.69. The van der Waals surface area contributed by atoms with E-state index in [4.69, 9.17) is 4.74 Å². The molecule has 0 saturated heterocycles. The van der Waals surface area contributed by atoms with Gasteiger partial charge in [-0.05, 0) is 66.7 Å². The number of hydrogen-bond acceptors (Lipinski definition) is 4. The highest BCUT2D eigenvalue weighted by Gasteiger charge is 2.28. The van der Waals surface area contributed by atoms with Crippen LogP contribution in [0.2, 0.25) is 0 Å². The topological polar surface area (TPSA) is 49.8 Å². The maximum absolute atomic E-state index is 11.8. The zero-order valence-electron chi connectivity index (χ0n) is 20.1. The zero-order valence-corrected chi connectivity index (χ0v) is 20.1. The Hall–Kier alpha value is -1.39. The van der Waals surface area contributed by atoms with Gasteiger partial charge in [0.15, 0.2) is 0 Å². The summed E-state index contributed by atoms with van der Waals surface area (Å²) in [5.41, 5.74) is 5.21. The summed E-state index contributed by atoms with van der Waals surface area (Å²) < 4.78 is 5.06. The maximum atomic E-state index is 11.8. The fraction of sp³-hybridized carbons (Fsp3) is 0.720. The van der Waals surface area contributed by atoms with Crippen molar-refractivity contribution in [3.05, 3.63) is 34.4 Å². The number of carbonyl (C=O) groups is 1. The molecule has 1 aromatic rings. The van der Waals surface area contributed by atoms with Crippen LogP contribution < -0.4 is 0 Å². The summed E-state index contributed by atoms with van der Waals surface area (Å²) in [6.07, 6.45) is 1.70. The van der Waals surface area contributed by atoms with Crippen LogP contribution in [0.1, 0.15) is 128 Å². The van der Waals surface area contributed by atoms with Crippen molar-refractivity contribution in [1.29, 1.82) is 0 Å². The van der Waals surface area contributed by atoms with Gasteiger partial charge >= 0.3 is 5.97 Å². The summed E-state index contributed by atoms with van der Waals surface area (Å²) in [6.45, 7) is 19.7. The van der Waals surface area contributed by atoms with Crippen LogP contribution in [-0.4, -0.2) is 28.9 Å². The van der Waals surface area contributed by atoms with Crippen molar-refractivity contribution < 1.29 is 14.7 Å². The first-order valence-corrected chi connectivity index (χ1v) is 11.3. The highest BCUT2D eigenvalue weighted by atomic mass is 16.5. The van der Waals surface area contributed by atoms with Gasteiger partial charge in [-0.1, -0.05) is 60.6 Å². The monoisotopic (exact) mass is 405 g/mol. The number of ether oxygens (including phenoxy) is 1. The van der Waals surface area contributed by atoms with Gasteiger partial charge in [0.05, 0.1) is 12.6 Å². The fourth-order valence-corrected chi connectivity index (χ4v) is 3.98. The smallest absolute Gasteiger partial charge is 0.305 e. The number of benzene rings is 1. The normalized spacial score (nSPS) is 14.1. The molecular weight excluding hydrogens is 362 g/mol. The molecule has 0 aliphatic rings. The van der Waals surface area contributed by atoms with E-state index in [1.54, 1.807) is 0 Å². The predicted octanol–water partition coefficient (Wildman–Crippen LogP) is 6.93. The summed E-state index contributed by atoms with van der Waals surface area (Å²) in [5.74, 6) is 1.01. The molecule has 0 aromatic heterocycles. The molecule has 4 heteroatoms. The van der Waals surface area contributed by atoms with Crippen molar-refractivity contribution in [1.82, 2.24) is 5.06 Å². The van der Waals surface area contributed by atoms with E-state index >= 15 is 0 Å². The lowest BCUT2D eigenvalue weighted by molar-refractivity contribution is -0.164. The first-order valence-electron chi connectivity index (χ1n) is 11.3. The number of esters is 1. The first-order chi connectivity index (χ1) is 13.5. The SMILES string of the molecule is CCOC(=O)CC[C@@H](CC)N(O)[C@H](C)c1c(C(C)C)cc(C(C)C)cc1C(C)C. The molecule has 0 aliphatic heterocycles. The number of hydrogen-bond donors (Lipinski definition) is 1. The van der Waals surface area contributed by atoms with Gasteiger partial charge in [-0.15, -0.1) is 0 Å². The van der Waals surface area contributed by atoms with Crippen LogP contribution in [0, 0.1) is 0 Å². The lowest BCUT2D eigenvalue weighted by Crippen LogP contribution is -2.35. The summed E-state index contributed by atoms with van der Waals surface area (Å²) in [6, 6.07) is 4.42. The number of carbonyl (C=O) groups excluding carboxylic acids is 1. The molecular formula is C25H43NO3. The molecule has 0 radical (unpaired) electrons. The summed E-state index contributed by atoms with van der Waals surface area (Å²) in [4.78, 5) is 11.8. The standard InChI is InChI=1S/C25H43NO3/c1-10-21(12-13-24(27)29-11-2)26(28)19(9)25-22(17(5)6)14-20(16(3)4)15-23(25)18(7)8/h14-19,21,28H,10-13H2,1-9H3/t19-,21-/m1/s1. The minimum absolute atomic E-state index is 0.0841. The Balaban J connectivity index is 3.29. The molecule has 166 valence electrons. The molecule has 29 heavy (non-hydrogen) atoms. The Kier molecular flexibility index (Phi) is 10.4. The molecule has 1 rings (SSSR count). The van der Waals surface area contributed by atoms with Crippen molar-refractivity contribution in [3.8, 4) is 0 Å². The molecule has 1 N–H and O–H groups in total. The van der Waals surface area contributed by atoms with Crippen LogP contribution in [0.3, 0.4) is 0 Å².